The van der Waals surface area contributed by atoms with Crippen LogP contribution < -0.4 is 0 Å². The Bertz CT molecular complexity index is 463. The molecule has 0 aliphatic rings. The van der Waals surface area contributed by atoms with Gasteiger partial charge in [0.1, 0.15) is 5.82 Å². The third-order valence-electron chi connectivity index (χ3n) is 1.80. The predicted molar refractivity (Wildman–Crippen MR) is 42.7 cm³/mol. The molecule has 0 bridgehead atoms. The molecule has 0 unspecified atom stereocenters. The van der Waals surface area contributed by atoms with Gasteiger partial charge in [0.05, 0.1) is 5.39 Å². The van der Waals surface area contributed by atoms with Gasteiger partial charge in [-0.1, -0.05) is 12.1 Å². The first kappa shape index (κ1) is 8.10. The molecule has 3 heteroatoms. The second-order valence-corrected chi connectivity index (χ2v) is 2.61. The van der Waals surface area contributed by atoms with Crippen LogP contribution in [0.3, 0.4) is 0 Å². The Morgan fingerprint density at radius 3 is 2.54 bits per heavy atom. The summed E-state index contributed by atoms with van der Waals surface area (Å²) in [5.41, 5.74) is 0. The minimum Gasteiger partial charge on any atom is -0.206 e. The highest BCUT2D eigenvalue weighted by Gasteiger charge is 2.10. The topological polar surface area (TPSA) is 0 Å². The van der Waals surface area contributed by atoms with E-state index in [9.17, 15) is 13.2 Å². The molecule has 0 aliphatic heterocycles. The number of halogens is 3. The zero-order valence-corrected chi connectivity index (χ0v) is 6.44. The molecule has 65 valence electrons. The molecule has 0 N–H and O–H groups in total. The Kier molecular flexibility index (Phi) is 1.72. The maximum absolute atomic E-state index is 13.0. The van der Waals surface area contributed by atoms with Gasteiger partial charge in [-0.05, 0) is 23.6 Å². The second kappa shape index (κ2) is 2.76. The summed E-state index contributed by atoms with van der Waals surface area (Å²) in [5.74, 6) is -3.02. The van der Waals surface area contributed by atoms with Gasteiger partial charge in [-0.3, -0.25) is 0 Å². The van der Waals surface area contributed by atoms with Crippen LogP contribution in [0.4, 0.5) is 13.2 Å². The van der Waals surface area contributed by atoms with Crippen molar-refractivity contribution in [3.8, 4) is 0 Å². The smallest absolute Gasteiger partial charge is 0.169 e. The van der Waals surface area contributed by atoms with Crippen LogP contribution in [0.2, 0.25) is 0 Å². The Morgan fingerprint density at radius 2 is 1.77 bits per heavy atom. The molecule has 0 aliphatic carbocycles. The van der Waals surface area contributed by atoms with E-state index in [0.29, 0.717) is 0 Å². The summed E-state index contributed by atoms with van der Waals surface area (Å²) in [6.07, 6.45) is 0. The van der Waals surface area contributed by atoms with Gasteiger partial charge in [0.15, 0.2) is 11.6 Å². The van der Waals surface area contributed by atoms with Crippen LogP contribution in [0.15, 0.2) is 24.3 Å². The number of hydrogen-bond acceptors (Lipinski definition) is 0. The van der Waals surface area contributed by atoms with Crippen LogP contribution in [-0.4, -0.2) is 0 Å². The molecule has 0 saturated heterocycles. The summed E-state index contributed by atoms with van der Waals surface area (Å²) in [7, 11) is 0. The van der Waals surface area contributed by atoms with Gasteiger partial charge < -0.3 is 0 Å². The second-order valence-electron chi connectivity index (χ2n) is 2.61. The summed E-state index contributed by atoms with van der Waals surface area (Å²) >= 11 is 0. The van der Waals surface area contributed by atoms with Crippen molar-refractivity contribution in [2.24, 2.45) is 0 Å². The first-order chi connectivity index (χ1) is 6.20. The molecule has 2 rings (SSSR count). The molecule has 0 aromatic heterocycles. The third kappa shape index (κ3) is 1.16. The Labute approximate surface area is 72.6 Å². The lowest BCUT2D eigenvalue weighted by molar-refractivity contribution is 0.511. The van der Waals surface area contributed by atoms with Crippen LogP contribution >= 0.6 is 0 Å². The molecular formula is C10H4F3. The van der Waals surface area contributed by atoms with Crippen molar-refractivity contribution in [3.05, 3.63) is 47.8 Å². The van der Waals surface area contributed by atoms with Gasteiger partial charge in [-0.15, -0.1) is 0 Å². The van der Waals surface area contributed by atoms with E-state index >= 15 is 0 Å². The first-order valence-corrected chi connectivity index (χ1v) is 3.64. The zero-order chi connectivity index (χ0) is 9.42. The van der Waals surface area contributed by atoms with Crippen molar-refractivity contribution < 1.29 is 13.2 Å². The van der Waals surface area contributed by atoms with Crippen LogP contribution in [-0.2, 0) is 0 Å². The molecule has 0 spiro atoms. The standard InChI is InChI=1S/C10H4F3/c11-7-3-1-2-6-4-5-8(12)10(13)9(6)7/h1-3,5H. The van der Waals surface area contributed by atoms with Crippen LogP contribution in [0, 0.1) is 23.5 Å². The van der Waals surface area contributed by atoms with Crippen molar-refractivity contribution in [1.29, 1.82) is 0 Å². The van der Waals surface area contributed by atoms with Crippen LogP contribution in [0.5, 0.6) is 0 Å². The monoisotopic (exact) mass is 181 g/mol. The van der Waals surface area contributed by atoms with Gasteiger partial charge in [0.25, 0.3) is 0 Å². The molecule has 0 nitrogen and oxygen atoms in total. The predicted octanol–water partition coefficient (Wildman–Crippen LogP) is 3.06. The molecule has 2 aromatic carbocycles. The molecule has 0 amide bonds. The minimum atomic E-state index is -1.16. The molecular weight excluding hydrogens is 177 g/mol. The van der Waals surface area contributed by atoms with E-state index in [2.05, 4.69) is 6.07 Å². The van der Waals surface area contributed by atoms with Crippen LogP contribution in [0.1, 0.15) is 0 Å². The van der Waals surface area contributed by atoms with Crippen molar-refractivity contribution in [1.82, 2.24) is 0 Å². The van der Waals surface area contributed by atoms with Gasteiger partial charge in [-0.2, -0.15) is 0 Å². The Morgan fingerprint density at radius 1 is 1.00 bits per heavy atom. The minimum absolute atomic E-state index is 0.235. The lowest BCUT2D eigenvalue weighted by atomic mass is 10.1. The summed E-state index contributed by atoms with van der Waals surface area (Å²) in [6, 6.07) is 7.28. The van der Waals surface area contributed by atoms with Crippen molar-refractivity contribution >= 4 is 10.8 Å². The highest BCUT2D eigenvalue weighted by atomic mass is 19.2. The molecule has 2 aromatic rings. The molecule has 1 radical (unpaired) electrons. The Balaban J connectivity index is 2.97. The summed E-state index contributed by atoms with van der Waals surface area (Å²) in [6.45, 7) is 0. The van der Waals surface area contributed by atoms with Crippen molar-refractivity contribution in [2.75, 3.05) is 0 Å². The molecule has 13 heavy (non-hydrogen) atoms. The normalized spacial score (nSPS) is 10.7. The largest absolute Gasteiger partial charge is 0.206 e. The van der Waals surface area contributed by atoms with Crippen molar-refractivity contribution in [2.45, 2.75) is 0 Å². The number of rotatable bonds is 0. The third-order valence-corrected chi connectivity index (χ3v) is 1.80. The van der Waals surface area contributed by atoms with E-state index in [0.717, 1.165) is 12.1 Å². The highest BCUT2D eigenvalue weighted by molar-refractivity contribution is 5.83. The van der Waals surface area contributed by atoms with Gasteiger partial charge in [0, 0.05) is 0 Å². The van der Waals surface area contributed by atoms with E-state index in [1.54, 1.807) is 0 Å². The fourth-order valence-corrected chi connectivity index (χ4v) is 1.19. The van der Waals surface area contributed by atoms with E-state index in [1.165, 1.54) is 12.1 Å². The lowest BCUT2D eigenvalue weighted by Crippen LogP contribution is -1.89. The highest BCUT2D eigenvalue weighted by Crippen LogP contribution is 2.22. The number of fused-ring (bicyclic) bond motifs is 1. The van der Waals surface area contributed by atoms with E-state index in [4.69, 9.17) is 0 Å². The fourth-order valence-electron chi connectivity index (χ4n) is 1.19. The Hall–Kier alpha value is -1.51. The van der Waals surface area contributed by atoms with Gasteiger partial charge >= 0.3 is 0 Å². The number of benzene rings is 2. The van der Waals surface area contributed by atoms with Gasteiger partial charge in [0.2, 0.25) is 0 Å². The molecule has 0 fully saturated rings. The molecule has 0 saturated carbocycles. The quantitative estimate of drug-likeness (QED) is 0.585. The summed E-state index contributed by atoms with van der Waals surface area (Å²) in [4.78, 5) is 0. The zero-order valence-electron chi connectivity index (χ0n) is 6.44. The van der Waals surface area contributed by atoms with E-state index in [-0.39, 0.29) is 10.8 Å². The number of hydrogen-bond donors (Lipinski definition) is 0. The van der Waals surface area contributed by atoms with E-state index < -0.39 is 17.5 Å². The summed E-state index contributed by atoms with van der Waals surface area (Å²) in [5, 5.41) is -0.110. The summed E-state index contributed by atoms with van der Waals surface area (Å²) < 4.78 is 38.7. The first-order valence-electron chi connectivity index (χ1n) is 3.64. The molecule has 0 atom stereocenters. The van der Waals surface area contributed by atoms with Crippen LogP contribution in [0.25, 0.3) is 10.8 Å². The molecule has 0 heterocycles. The maximum Gasteiger partial charge on any atom is 0.169 e. The van der Waals surface area contributed by atoms with E-state index in [1.807, 2.05) is 0 Å². The van der Waals surface area contributed by atoms with Crippen molar-refractivity contribution in [3.63, 3.8) is 0 Å². The average Bonchev–Trinajstić information content (AvgIpc) is 2.12. The average molecular weight is 181 g/mol. The maximum atomic E-state index is 13.0. The SMILES string of the molecule is Fc1c[c]c2cccc(F)c2c1F. The fraction of sp³-hybridized carbons (Fsp3) is 0. The lowest BCUT2D eigenvalue weighted by Gasteiger charge is -2.00. The van der Waals surface area contributed by atoms with Gasteiger partial charge in [-0.25, -0.2) is 13.2 Å².